The average molecular weight is 411 g/mol. The molecule has 0 aliphatic heterocycles. The lowest BCUT2D eigenvalue weighted by Gasteiger charge is -2.04. The van der Waals surface area contributed by atoms with Crippen LogP contribution in [0.5, 0.6) is 0 Å². The quantitative estimate of drug-likeness (QED) is 0.132. The Kier molecular flexibility index (Phi) is 24.0. The second-order valence-electron chi connectivity index (χ2n) is 8.41. The lowest BCUT2D eigenvalue weighted by molar-refractivity contribution is 0.521. The normalized spacial score (nSPS) is 11.2. The monoisotopic (exact) mass is 410 g/mol. The van der Waals surface area contributed by atoms with E-state index in [1.165, 1.54) is 122 Å². The summed E-state index contributed by atoms with van der Waals surface area (Å²) >= 11 is 0. The highest BCUT2D eigenvalue weighted by Crippen LogP contribution is 2.15. The maximum Gasteiger partial charge on any atom is 0.156 e. The van der Waals surface area contributed by atoms with E-state index < -0.39 is 7.17 Å². The van der Waals surface area contributed by atoms with Gasteiger partial charge in [-0.2, -0.15) is 0 Å². The Morgan fingerprint density at radius 3 is 0.929 bits per heavy atom. The van der Waals surface area contributed by atoms with Gasteiger partial charge in [-0.1, -0.05) is 135 Å². The highest BCUT2D eigenvalue weighted by Gasteiger charge is 1.96. The number of unbranched alkanes of at least 4 members (excludes halogenated alkanes) is 20. The van der Waals surface area contributed by atoms with E-state index in [-0.39, 0.29) is 0 Å². The Bertz CT molecular complexity index is 425. The fraction of sp³-hybridized carbons (Fsp3) is 0.920. The highest BCUT2D eigenvalue weighted by molar-refractivity contribution is 7.54. The molecular formula is C25H47O2P. The van der Waals surface area contributed by atoms with E-state index in [1.54, 1.807) is 11.3 Å². The lowest BCUT2D eigenvalue weighted by atomic mass is 10.0. The SMILES string of the molecule is CCCCCCCCCCCCCCCCCCCCCCCP(=C=O)=C=O. The maximum atomic E-state index is 10.4. The second-order valence-corrected chi connectivity index (χ2v) is 10.1. The zero-order valence-corrected chi connectivity index (χ0v) is 19.7. The summed E-state index contributed by atoms with van der Waals surface area (Å²) in [6.07, 6.45) is 29.6. The van der Waals surface area contributed by atoms with Gasteiger partial charge in [-0.15, -0.1) is 0 Å². The molecule has 0 N–H and O–H groups in total. The standard InChI is InChI=1S/C25H47O2P/c1-2-3-4-5-6-7-8-9-10-11-12-13-14-15-16-17-18-19-20-21-22-23-28(24-26)25-27/h2-23H2,1H3. The minimum atomic E-state index is -1.21. The largest absolute Gasteiger partial charge is 0.228 e. The van der Waals surface area contributed by atoms with Gasteiger partial charge in [0.15, 0.2) is 11.3 Å². The van der Waals surface area contributed by atoms with Crippen LogP contribution in [0.2, 0.25) is 0 Å². The summed E-state index contributed by atoms with van der Waals surface area (Å²) in [5, 5.41) is 0. The summed E-state index contributed by atoms with van der Waals surface area (Å²) in [4.78, 5) is 20.8. The molecule has 0 radical (unpaired) electrons. The van der Waals surface area contributed by atoms with Crippen LogP contribution in [0.25, 0.3) is 0 Å². The lowest BCUT2D eigenvalue weighted by Crippen LogP contribution is -1.84. The average Bonchev–Trinajstić information content (AvgIpc) is 2.72. The molecule has 0 aliphatic carbocycles. The first-order valence-corrected chi connectivity index (χ1v) is 13.9. The summed E-state index contributed by atoms with van der Waals surface area (Å²) in [7, 11) is -1.21. The van der Waals surface area contributed by atoms with Gasteiger partial charge in [0.2, 0.25) is 0 Å². The topological polar surface area (TPSA) is 34.1 Å². The van der Waals surface area contributed by atoms with Crippen LogP contribution < -0.4 is 0 Å². The van der Waals surface area contributed by atoms with Crippen molar-refractivity contribution in [1.29, 1.82) is 0 Å². The number of hydrogen-bond donors (Lipinski definition) is 0. The summed E-state index contributed by atoms with van der Waals surface area (Å²) in [5.41, 5.74) is 3.61. The van der Waals surface area contributed by atoms with Crippen molar-refractivity contribution in [1.82, 2.24) is 0 Å². The molecule has 0 heterocycles. The molecular weight excluding hydrogens is 363 g/mol. The number of rotatable bonds is 22. The van der Waals surface area contributed by atoms with Crippen molar-refractivity contribution in [2.24, 2.45) is 0 Å². The van der Waals surface area contributed by atoms with E-state index in [0.717, 1.165) is 12.8 Å². The Labute approximate surface area is 176 Å². The van der Waals surface area contributed by atoms with Crippen molar-refractivity contribution in [3.63, 3.8) is 0 Å². The molecule has 2 nitrogen and oxygen atoms in total. The van der Waals surface area contributed by atoms with Crippen LogP contribution in [0.3, 0.4) is 0 Å². The molecule has 0 fully saturated rings. The van der Waals surface area contributed by atoms with Crippen molar-refractivity contribution >= 4 is 18.5 Å². The molecule has 0 saturated carbocycles. The molecule has 0 aliphatic rings. The molecule has 0 amide bonds. The van der Waals surface area contributed by atoms with Crippen LogP contribution in [0, 0.1) is 0 Å². The molecule has 164 valence electrons. The van der Waals surface area contributed by atoms with Crippen molar-refractivity contribution in [2.45, 2.75) is 142 Å². The minimum absolute atomic E-state index is 0.696. The molecule has 0 aromatic rings. The van der Waals surface area contributed by atoms with E-state index in [2.05, 4.69) is 6.92 Å². The summed E-state index contributed by atoms with van der Waals surface area (Å²) in [6, 6.07) is 0. The first-order chi connectivity index (χ1) is 13.8. The van der Waals surface area contributed by atoms with Gasteiger partial charge < -0.3 is 0 Å². The van der Waals surface area contributed by atoms with Crippen LogP contribution in [0.1, 0.15) is 142 Å². The van der Waals surface area contributed by atoms with E-state index in [0.29, 0.717) is 6.16 Å². The third-order valence-electron chi connectivity index (χ3n) is 5.71. The van der Waals surface area contributed by atoms with Gasteiger partial charge in [0.05, 0.1) is 7.17 Å². The van der Waals surface area contributed by atoms with Crippen molar-refractivity contribution < 1.29 is 9.59 Å². The zero-order chi connectivity index (χ0) is 20.5. The molecule has 0 saturated heterocycles. The van der Waals surface area contributed by atoms with Gasteiger partial charge in [0.25, 0.3) is 0 Å². The van der Waals surface area contributed by atoms with Crippen LogP contribution in [-0.4, -0.2) is 17.5 Å². The van der Waals surface area contributed by atoms with E-state index >= 15 is 0 Å². The molecule has 0 atom stereocenters. The van der Waals surface area contributed by atoms with Crippen LogP contribution in [-0.2, 0) is 9.59 Å². The third-order valence-corrected chi connectivity index (χ3v) is 6.91. The molecule has 0 unspecified atom stereocenters. The Balaban J connectivity index is 3.08. The van der Waals surface area contributed by atoms with Gasteiger partial charge in [0.1, 0.15) is 0 Å². The molecule has 0 aromatic carbocycles. The highest BCUT2D eigenvalue weighted by atomic mass is 31.1. The zero-order valence-electron chi connectivity index (χ0n) is 18.8. The summed E-state index contributed by atoms with van der Waals surface area (Å²) in [6.45, 7) is 2.29. The Morgan fingerprint density at radius 2 is 0.679 bits per heavy atom. The van der Waals surface area contributed by atoms with Gasteiger partial charge >= 0.3 is 0 Å². The van der Waals surface area contributed by atoms with Gasteiger partial charge in [-0.3, -0.25) is 0 Å². The van der Waals surface area contributed by atoms with Crippen LogP contribution >= 0.6 is 7.17 Å². The molecule has 0 spiro atoms. The number of hydrogen-bond acceptors (Lipinski definition) is 2. The first kappa shape index (κ1) is 27.5. The Hall–Kier alpha value is -0.540. The minimum Gasteiger partial charge on any atom is -0.228 e. The predicted octanol–water partition coefficient (Wildman–Crippen LogP) is 8.81. The van der Waals surface area contributed by atoms with Gasteiger partial charge in [0, 0.05) is 6.16 Å². The van der Waals surface area contributed by atoms with Gasteiger partial charge in [-0.05, 0) is 6.42 Å². The Morgan fingerprint density at radius 1 is 0.429 bits per heavy atom. The van der Waals surface area contributed by atoms with Gasteiger partial charge in [-0.25, -0.2) is 9.59 Å². The smallest absolute Gasteiger partial charge is 0.156 e. The summed E-state index contributed by atoms with van der Waals surface area (Å²) in [5.74, 6) is 0. The molecule has 28 heavy (non-hydrogen) atoms. The second kappa shape index (κ2) is 24.5. The fourth-order valence-corrected chi connectivity index (χ4v) is 4.57. The molecule has 0 rings (SSSR count). The van der Waals surface area contributed by atoms with Crippen LogP contribution in [0.15, 0.2) is 0 Å². The summed E-state index contributed by atoms with van der Waals surface area (Å²) < 4.78 is 0. The number of carbonyl (C=O) groups excluding carboxylic acids is 2. The van der Waals surface area contributed by atoms with Crippen molar-refractivity contribution in [3.8, 4) is 0 Å². The van der Waals surface area contributed by atoms with Crippen LogP contribution in [0.4, 0.5) is 0 Å². The molecule has 0 bridgehead atoms. The predicted molar refractivity (Wildman–Crippen MR) is 126 cm³/mol. The molecule has 3 heteroatoms. The molecule has 0 aromatic heterocycles. The van der Waals surface area contributed by atoms with E-state index in [4.69, 9.17) is 0 Å². The maximum absolute atomic E-state index is 10.4. The fourth-order valence-electron chi connectivity index (χ4n) is 3.81. The first-order valence-electron chi connectivity index (χ1n) is 12.4. The van der Waals surface area contributed by atoms with Crippen molar-refractivity contribution in [3.05, 3.63) is 0 Å². The third kappa shape index (κ3) is 21.8. The van der Waals surface area contributed by atoms with Crippen molar-refractivity contribution in [2.75, 3.05) is 6.16 Å². The van der Waals surface area contributed by atoms with E-state index in [9.17, 15) is 9.59 Å². The van der Waals surface area contributed by atoms with E-state index in [1.807, 2.05) is 0 Å².